The molecule has 1 unspecified atom stereocenters. The number of amides is 1. The molecule has 0 bridgehead atoms. The van der Waals surface area contributed by atoms with Gasteiger partial charge >= 0.3 is 0 Å². The highest BCUT2D eigenvalue weighted by Crippen LogP contribution is 2.40. The van der Waals surface area contributed by atoms with Gasteiger partial charge in [-0.2, -0.15) is 0 Å². The smallest absolute Gasteiger partial charge is 0.267 e. The second kappa shape index (κ2) is 8.69. The van der Waals surface area contributed by atoms with Gasteiger partial charge in [0.15, 0.2) is 8.32 Å². The molecule has 0 radical (unpaired) electrons. The summed E-state index contributed by atoms with van der Waals surface area (Å²) in [5.41, 5.74) is 2.67. The first-order chi connectivity index (χ1) is 12.6. The molecule has 146 valence electrons. The zero-order valence-electron chi connectivity index (χ0n) is 16.7. The van der Waals surface area contributed by atoms with E-state index in [1.807, 2.05) is 24.3 Å². The van der Waals surface area contributed by atoms with Crippen LogP contribution in [0, 0.1) is 0 Å². The minimum Gasteiger partial charge on any atom is -0.462 e. The van der Waals surface area contributed by atoms with Gasteiger partial charge in [0, 0.05) is 12.5 Å². The Morgan fingerprint density at radius 1 is 1.22 bits per heavy atom. The van der Waals surface area contributed by atoms with Gasteiger partial charge in [-0.15, -0.1) is 0 Å². The van der Waals surface area contributed by atoms with Gasteiger partial charge in [-0.05, 0) is 41.9 Å². The number of benzene rings is 1. The van der Waals surface area contributed by atoms with Crippen molar-refractivity contribution in [2.45, 2.75) is 51.4 Å². The molecule has 5 nitrogen and oxygen atoms in total. The maximum absolute atomic E-state index is 11.1. The van der Waals surface area contributed by atoms with Crippen LogP contribution in [-0.2, 0) is 15.6 Å². The quantitative estimate of drug-likeness (QED) is 0.300. The normalized spacial score (nSPS) is 13.7. The number of rotatable bonds is 7. The average Bonchev–Trinajstić information content (AvgIpc) is 3.06. The van der Waals surface area contributed by atoms with Crippen LogP contribution in [0.3, 0.4) is 0 Å². The Morgan fingerprint density at radius 3 is 2.48 bits per heavy atom. The minimum absolute atomic E-state index is 0.101. The summed E-state index contributed by atoms with van der Waals surface area (Å²) in [7, 11) is -1.97. The van der Waals surface area contributed by atoms with Crippen molar-refractivity contribution in [3.05, 3.63) is 65.6 Å². The van der Waals surface area contributed by atoms with Crippen molar-refractivity contribution in [2.75, 3.05) is 0 Å². The summed E-state index contributed by atoms with van der Waals surface area (Å²) in [6.45, 7) is 11.2. The molecule has 0 saturated carbocycles. The van der Waals surface area contributed by atoms with E-state index < -0.39 is 14.2 Å². The van der Waals surface area contributed by atoms with Gasteiger partial charge in [-0.25, -0.2) is 5.48 Å². The lowest BCUT2D eigenvalue weighted by Crippen LogP contribution is -2.42. The summed E-state index contributed by atoms with van der Waals surface area (Å²) in [5, 5.41) is 8.65. The molecule has 0 aliphatic heterocycles. The van der Waals surface area contributed by atoms with Crippen LogP contribution in [0.5, 0.6) is 0 Å². The van der Waals surface area contributed by atoms with Crippen LogP contribution in [0.4, 0.5) is 0 Å². The molecule has 2 aromatic rings. The maximum atomic E-state index is 11.1. The molecular weight excluding hydrogens is 358 g/mol. The van der Waals surface area contributed by atoms with E-state index in [-0.39, 0.29) is 11.1 Å². The summed E-state index contributed by atoms with van der Waals surface area (Å²) in [4.78, 5) is 11.1. The lowest BCUT2D eigenvalue weighted by Gasteiger charge is -2.39. The number of carbonyl (C=O) groups is 1. The van der Waals surface area contributed by atoms with E-state index in [4.69, 9.17) is 14.1 Å². The van der Waals surface area contributed by atoms with E-state index in [0.29, 0.717) is 12.2 Å². The highest BCUT2D eigenvalue weighted by Gasteiger charge is 2.39. The first-order valence-corrected chi connectivity index (χ1v) is 12.0. The number of hydroxylamine groups is 1. The molecule has 0 spiro atoms. The van der Waals surface area contributed by atoms with Crippen LogP contribution in [0.2, 0.25) is 18.1 Å². The number of hydrogen-bond acceptors (Lipinski definition) is 4. The van der Waals surface area contributed by atoms with E-state index >= 15 is 0 Å². The van der Waals surface area contributed by atoms with Gasteiger partial charge in [0.1, 0.15) is 11.5 Å². The van der Waals surface area contributed by atoms with Crippen LogP contribution in [-0.4, -0.2) is 19.4 Å². The lowest BCUT2D eigenvalue weighted by molar-refractivity contribution is -0.124. The van der Waals surface area contributed by atoms with Crippen molar-refractivity contribution < 1.29 is 18.8 Å². The predicted molar refractivity (Wildman–Crippen MR) is 109 cm³/mol. The molecule has 2 rings (SSSR count). The van der Waals surface area contributed by atoms with E-state index in [9.17, 15) is 4.79 Å². The zero-order valence-corrected chi connectivity index (χ0v) is 17.7. The molecular formula is C21H29NO4Si. The van der Waals surface area contributed by atoms with E-state index in [0.717, 1.165) is 11.3 Å². The summed E-state index contributed by atoms with van der Waals surface area (Å²) >= 11 is 0. The molecule has 1 amide bonds. The molecule has 1 aromatic carbocycles. The lowest BCUT2D eigenvalue weighted by atomic mass is 10.1. The largest absolute Gasteiger partial charge is 0.462 e. The standard InChI is InChI=1S/C21H29NO4Si/c1-21(2,3)27(4,5)26-19(16-9-7-6-8-10-16)15-18-12-11-17(25-18)13-14-20(23)22-24/h6-14,19,24H,15H2,1-5H3,(H,22,23). The highest BCUT2D eigenvalue weighted by atomic mass is 28.4. The Labute approximate surface area is 162 Å². The monoisotopic (exact) mass is 387 g/mol. The predicted octanol–water partition coefficient (Wildman–Crippen LogP) is 5.10. The Hall–Kier alpha value is -2.15. The molecule has 1 atom stereocenters. The third kappa shape index (κ3) is 5.92. The molecule has 0 saturated heterocycles. The fourth-order valence-electron chi connectivity index (χ4n) is 2.40. The van der Waals surface area contributed by atoms with Crippen molar-refractivity contribution in [2.24, 2.45) is 0 Å². The Bertz CT molecular complexity index is 775. The average molecular weight is 388 g/mol. The fraction of sp³-hybridized carbons (Fsp3) is 0.381. The summed E-state index contributed by atoms with van der Waals surface area (Å²) in [6, 6.07) is 13.9. The second-order valence-corrected chi connectivity index (χ2v) is 12.9. The molecule has 1 heterocycles. The van der Waals surface area contributed by atoms with Gasteiger partial charge < -0.3 is 8.84 Å². The zero-order chi connectivity index (χ0) is 20.1. The molecule has 0 aliphatic carbocycles. The first kappa shape index (κ1) is 21.2. The molecule has 27 heavy (non-hydrogen) atoms. The Morgan fingerprint density at radius 2 is 1.89 bits per heavy atom. The van der Waals surface area contributed by atoms with Crippen LogP contribution >= 0.6 is 0 Å². The maximum Gasteiger partial charge on any atom is 0.267 e. The van der Waals surface area contributed by atoms with Crippen LogP contribution in [0.1, 0.15) is 44.0 Å². The first-order valence-electron chi connectivity index (χ1n) is 9.06. The number of furan rings is 1. The van der Waals surface area contributed by atoms with E-state index in [1.165, 1.54) is 12.2 Å². The Kier molecular flexibility index (Phi) is 6.81. The minimum atomic E-state index is -1.97. The third-order valence-corrected chi connectivity index (χ3v) is 9.48. The molecule has 1 aromatic heterocycles. The van der Waals surface area contributed by atoms with Crippen molar-refractivity contribution in [1.29, 1.82) is 0 Å². The SMILES string of the molecule is CC(C)(C)[Si](C)(C)OC(Cc1ccc(C=CC(=O)NO)o1)c1ccccc1. The van der Waals surface area contributed by atoms with E-state index in [1.54, 1.807) is 11.5 Å². The molecule has 0 aliphatic rings. The van der Waals surface area contributed by atoms with Crippen molar-refractivity contribution in [3.63, 3.8) is 0 Å². The van der Waals surface area contributed by atoms with Gasteiger partial charge in [-0.3, -0.25) is 10.0 Å². The van der Waals surface area contributed by atoms with Crippen molar-refractivity contribution >= 4 is 20.3 Å². The van der Waals surface area contributed by atoms with Gasteiger partial charge in [-0.1, -0.05) is 51.1 Å². The summed E-state index contributed by atoms with van der Waals surface area (Å²) in [6.07, 6.45) is 3.23. The summed E-state index contributed by atoms with van der Waals surface area (Å²) < 4.78 is 12.5. The number of carbonyl (C=O) groups excluding carboxylic acids is 1. The molecule has 6 heteroatoms. The summed E-state index contributed by atoms with van der Waals surface area (Å²) in [5.74, 6) is 0.732. The van der Waals surface area contributed by atoms with Gasteiger partial charge in [0.25, 0.3) is 5.91 Å². The highest BCUT2D eigenvalue weighted by molar-refractivity contribution is 6.74. The van der Waals surface area contributed by atoms with Crippen LogP contribution in [0.15, 0.2) is 53.0 Å². The number of nitrogens with one attached hydrogen (secondary N) is 1. The van der Waals surface area contributed by atoms with Crippen LogP contribution < -0.4 is 5.48 Å². The third-order valence-electron chi connectivity index (χ3n) is 4.99. The number of hydrogen-bond donors (Lipinski definition) is 2. The van der Waals surface area contributed by atoms with Crippen molar-refractivity contribution in [3.8, 4) is 0 Å². The van der Waals surface area contributed by atoms with E-state index in [2.05, 4.69) is 46.0 Å². The van der Waals surface area contributed by atoms with Crippen molar-refractivity contribution in [1.82, 2.24) is 5.48 Å². The fourth-order valence-corrected chi connectivity index (χ4v) is 3.68. The Balaban J connectivity index is 2.22. The van der Waals surface area contributed by atoms with Gasteiger partial charge in [0.2, 0.25) is 0 Å². The molecule has 2 N–H and O–H groups in total. The van der Waals surface area contributed by atoms with Crippen LogP contribution in [0.25, 0.3) is 6.08 Å². The second-order valence-electron chi connectivity index (χ2n) is 8.10. The van der Waals surface area contributed by atoms with Gasteiger partial charge in [0.05, 0.1) is 6.10 Å². The molecule has 0 fully saturated rings. The topological polar surface area (TPSA) is 71.7 Å².